The second kappa shape index (κ2) is 5.10. The number of rotatable bonds is 5. The zero-order valence-corrected chi connectivity index (χ0v) is 13.0. The second-order valence-corrected chi connectivity index (χ2v) is 11.2. The largest absolute Gasteiger partial charge is 0.466 e. The molecule has 0 unspecified atom stereocenters. The van der Waals surface area contributed by atoms with E-state index in [1.165, 1.54) is 0 Å². The standard InChI is InChI=1S/C13H26O3Si/c1-7-15-12(14)11-8-10(11)9-16-17(5,6)13(2,3)4/h10-11H,7-9H2,1-6H3/t10-,11+/m0/s1. The molecule has 0 bridgehead atoms. The third-order valence-electron chi connectivity index (χ3n) is 3.98. The molecule has 1 rings (SSSR count). The predicted octanol–water partition coefficient (Wildman–Crippen LogP) is 3.21. The maximum atomic E-state index is 11.5. The van der Waals surface area contributed by atoms with Crippen LogP contribution in [0.15, 0.2) is 0 Å². The Hall–Kier alpha value is -0.353. The molecule has 0 aliphatic heterocycles. The molecule has 0 N–H and O–H groups in total. The van der Waals surface area contributed by atoms with Crippen molar-refractivity contribution in [2.75, 3.05) is 13.2 Å². The molecule has 2 atom stereocenters. The highest BCUT2D eigenvalue weighted by Gasteiger charge is 2.46. The van der Waals surface area contributed by atoms with Gasteiger partial charge in [-0.05, 0) is 37.4 Å². The van der Waals surface area contributed by atoms with Gasteiger partial charge in [0.25, 0.3) is 0 Å². The molecule has 0 spiro atoms. The summed E-state index contributed by atoms with van der Waals surface area (Å²) in [4.78, 5) is 11.5. The minimum Gasteiger partial charge on any atom is -0.466 e. The minimum absolute atomic E-state index is 0.0451. The van der Waals surface area contributed by atoms with E-state index in [2.05, 4.69) is 33.9 Å². The van der Waals surface area contributed by atoms with Crippen LogP contribution in [0.2, 0.25) is 18.1 Å². The van der Waals surface area contributed by atoms with Crippen LogP contribution in [0.3, 0.4) is 0 Å². The molecule has 4 heteroatoms. The average molecular weight is 258 g/mol. The lowest BCUT2D eigenvalue weighted by molar-refractivity contribution is -0.145. The molecular weight excluding hydrogens is 232 g/mol. The van der Waals surface area contributed by atoms with Gasteiger partial charge in [-0.3, -0.25) is 4.79 Å². The van der Waals surface area contributed by atoms with E-state index in [-0.39, 0.29) is 16.9 Å². The fourth-order valence-corrected chi connectivity index (χ4v) is 2.57. The Bertz CT molecular complexity index is 281. The number of carbonyl (C=O) groups excluding carboxylic acids is 1. The van der Waals surface area contributed by atoms with Gasteiger partial charge in [-0.25, -0.2) is 0 Å². The van der Waals surface area contributed by atoms with Crippen molar-refractivity contribution >= 4 is 14.3 Å². The molecule has 100 valence electrons. The SMILES string of the molecule is CCOC(=O)[C@@H]1C[C@H]1CO[Si](C)(C)C(C)(C)C. The Morgan fingerprint density at radius 2 is 1.94 bits per heavy atom. The number of ether oxygens (including phenoxy) is 1. The van der Waals surface area contributed by atoms with Gasteiger partial charge in [0.2, 0.25) is 0 Å². The zero-order valence-electron chi connectivity index (χ0n) is 12.0. The Morgan fingerprint density at radius 3 is 2.41 bits per heavy atom. The van der Waals surface area contributed by atoms with Gasteiger partial charge in [0, 0.05) is 6.61 Å². The number of hydrogen-bond acceptors (Lipinski definition) is 3. The van der Waals surface area contributed by atoms with E-state index in [1.54, 1.807) is 0 Å². The van der Waals surface area contributed by atoms with Gasteiger partial charge >= 0.3 is 5.97 Å². The van der Waals surface area contributed by atoms with E-state index in [9.17, 15) is 4.79 Å². The number of carbonyl (C=O) groups is 1. The van der Waals surface area contributed by atoms with Gasteiger partial charge in [0.05, 0.1) is 12.5 Å². The lowest BCUT2D eigenvalue weighted by atomic mass is 10.2. The molecule has 0 saturated heterocycles. The highest BCUT2D eigenvalue weighted by molar-refractivity contribution is 6.74. The van der Waals surface area contributed by atoms with Gasteiger partial charge in [-0.1, -0.05) is 20.8 Å². The van der Waals surface area contributed by atoms with E-state index < -0.39 is 8.32 Å². The molecule has 17 heavy (non-hydrogen) atoms. The highest BCUT2D eigenvalue weighted by atomic mass is 28.4. The van der Waals surface area contributed by atoms with Crippen LogP contribution in [-0.4, -0.2) is 27.5 Å². The molecular formula is C13H26O3Si. The monoisotopic (exact) mass is 258 g/mol. The van der Waals surface area contributed by atoms with Crippen molar-refractivity contribution in [1.29, 1.82) is 0 Å². The van der Waals surface area contributed by atoms with Crippen LogP contribution in [-0.2, 0) is 14.0 Å². The van der Waals surface area contributed by atoms with Gasteiger partial charge in [-0.2, -0.15) is 0 Å². The molecule has 0 heterocycles. The van der Waals surface area contributed by atoms with Crippen LogP contribution < -0.4 is 0 Å². The summed E-state index contributed by atoms with van der Waals surface area (Å²) in [7, 11) is -1.66. The summed E-state index contributed by atoms with van der Waals surface area (Å²) in [6.45, 7) is 14.2. The first-order valence-electron chi connectivity index (χ1n) is 6.49. The molecule has 0 radical (unpaired) electrons. The normalized spacial score (nSPS) is 24.6. The summed E-state index contributed by atoms with van der Waals surface area (Å²) >= 11 is 0. The average Bonchev–Trinajstić information content (AvgIpc) is 2.92. The van der Waals surface area contributed by atoms with Crippen molar-refractivity contribution in [3.05, 3.63) is 0 Å². The van der Waals surface area contributed by atoms with Crippen molar-refractivity contribution in [2.45, 2.75) is 52.2 Å². The zero-order chi connectivity index (χ0) is 13.3. The van der Waals surface area contributed by atoms with Gasteiger partial charge in [-0.15, -0.1) is 0 Å². The lowest BCUT2D eigenvalue weighted by Gasteiger charge is -2.36. The fraction of sp³-hybridized carbons (Fsp3) is 0.923. The van der Waals surface area contributed by atoms with Gasteiger partial charge in [0.15, 0.2) is 8.32 Å². The Labute approximate surface area is 106 Å². The first kappa shape index (κ1) is 14.7. The molecule has 3 nitrogen and oxygen atoms in total. The summed E-state index contributed by atoms with van der Waals surface area (Å²) in [5, 5.41) is 0.237. The van der Waals surface area contributed by atoms with Crippen LogP contribution in [0.4, 0.5) is 0 Å². The second-order valence-electron chi connectivity index (χ2n) is 6.43. The third kappa shape index (κ3) is 3.81. The van der Waals surface area contributed by atoms with E-state index in [0.717, 1.165) is 13.0 Å². The first-order chi connectivity index (χ1) is 7.69. The summed E-state index contributed by atoms with van der Waals surface area (Å²) in [5.41, 5.74) is 0. The predicted molar refractivity (Wildman–Crippen MR) is 71.4 cm³/mol. The summed E-state index contributed by atoms with van der Waals surface area (Å²) in [5.74, 6) is 0.444. The topological polar surface area (TPSA) is 35.5 Å². The molecule has 0 amide bonds. The van der Waals surface area contributed by atoms with Crippen molar-refractivity contribution < 1.29 is 14.0 Å². The maximum Gasteiger partial charge on any atom is 0.309 e. The molecule has 0 aromatic carbocycles. The van der Waals surface area contributed by atoms with Crippen molar-refractivity contribution in [2.24, 2.45) is 11.8 Å². The van der Waals surface area contributed by atoms with E-state index >= 15 is 0 Å². The van der Waals surface area contributed by atoms with Gasteiger partial charge in [0.1, 0.15) is 0 Å². The van der Waals surface area contributed by atoms with Crippen molar-refractivity contribution in [3.8, 4) is 0 Å². The highest BCUT2D eigenvalue weighted by Crippen LogP contribution is 2.42. The van der Waals surface area contributed by atoms with Crippen LogP contribution in [0.5, 0.6) is 0 Å². The van der Waals surface area contributed by atoms with E-state index in [0.29, 0.717) is 12.5 Å². The summed E-state index contributed by atoms with van der Waals surface area (Å²) in [6.07, 6.45) is 0.938. The van der Waals surface area contributed by atoms with Crippen molar-refractivity contribution in [3.63, 3.8) is 0 Å². The van der Waals surface area contributed by atoms with Crippen molar-refractivity contribution in [1.82, 2.24) is 0 Å². The first-order valence-corrected chi connectivity index (χ1v) is 9.40. The molecule has 1 aliphatic rings. The lowest BCUT2D eigenvalue weighted by Crippen LogP contribution is -2.41. The molecule has 0 aromatic rings. The van der Waals surface area contributed by atoms with Crippen LogP contribution in [0.25, 0.3) is 0 Å². The van der Waals surface area contributed by atoms with E-state index in [1.807, 2.05) is 6.92 Å². The van der Waals surface area contributed by atoms with Crippen LogP contribution in [0.1, 0.15) is 34.1 Å². The fourth-order valence-electron chi connectivity index (χ4n) is 1.50. The molecule has 1 aliphatic carbocycles. The number of hydrogen-bond donors (Lipinski definition) is 0. The Balaban J connectivity index is 2.33. The van der Waals surface area contributed by atoms with Crippen LogP contribution in [0, 0.1) is 11.8 Å². The Kier molecular flexibility index (Phi) is 4.41. The summed E-state index contributed by atoms with van der Waals surface area (Å²) in [6, 6.07) is 0. The molecule has 1 saturated carbocycles. The Morgan fingerprint density at radius 1 is 1.35 bits per heavy atom. The number of esters is 1. The van der Waals surface area contributed by atoms with Crippen LogP contribution >= 0.6 is 0 Å². The maximum absolute atomic E-state index is 11.5. The molecule has 1 fully saturated rings. The smallest absolute Gasteiger partial charge is 0.309 e. The van der Waals surface area contributed by atoms with Gasteiger partial charge < -0.3 is 9.16 Å². The quantitative estimate of drug-likeness (QED) is 0.561. The summed E-state index contributed by atoms with van der Waals surface area (Å²) < 4.78 is 11.1. The minimum atomic E-state index is -1.66. The molecule has 0 aromatic heterocycles. The van der Waals surface area contributed by atoms with E-state index in [4.69, 9.17) is 9.16 Å². The third-order valence-corrected chi connectivity index (χ3v) is 8.48.